The Bertz CT molecular complexity index is 365. The molecular weight excluding hydrogens is 339 g/mol. The van der Waals surface area contributed by atoms with E-state index in [1.54, 1.807) is 30.3 Å². The van der Waals surface area contributed by atoms with Gasteiger partial charge in [-0.1, -0.05) is 31.5 Å². The normalized spacial score (nSPS) is 11.3. The van der Waals surface area contributed by atoms with Crippen LogP contribution in [0.3, 0.4) is 0 Å². The van der Waals surface area contributed by atoms with E-state index < -0.39 is 9.84 Å². The number of nitrogens with zero attached hydrogens (tertiary/aromatic N) is 1. The number of para-hydroxylation sites is 1. The quantitative estimate of drug-likeness (QED) is 0.582. The topological polar surface area (TPSA) is 20.3 Å². The third-order valence-corrected chi connectivity index (χ3v) is 2.75. The number of hydrogen-bond acceptors (Lipinski definition) is 1. The van der Waals surface area contributed by atoms with Crippen molar-refractivity contribution in [2.24, 2.45) is 0 Å². The van der Waals surface area contributed by atoms with Crippen molar-refractivity contribution >= 4 is 34.2 Å². The Morgan fingerprint density at radius 2 is 1.94 bits per heavy atom. The zero-order valence-electron chi connectivity index (χ0n) is 9.50. The molecule has 0 radical (unpaired) electrons. The lowest BCUT2D eigenvalue weighted by Gasteiger charge is -2.24. The number of rotatable bonds is 5. The molecule has 0 heterocycles. The lowest BCUT2D eigenvalue weighted by Crippen LogP contribution is -2.40. The summed E-state index contributed by atoms with van der Waals surface area (Å²) >= 11 is 0.872. The Balaban J connectivity index is 2.92. The first-order valence-electron chi connectivity index (χ1n) is 5.40. The van der Waals surface area contributed by atoms with Gasteiger partial charge in [0.05, 0.1) is 0 Å². The summed E-state index contributed by atoms with van der Waals surface area (Å²) in [5.74, 6) is -1.15. The van der Waals surface area contributed by atoms with E-state index in [0.29, 0.717) is 18.7 Å². The van der Waals surface area contributed by atoms with Gasteiger partial charge in [0.15, 0.2) is 0 Å². The van der Waals surface area contributed by atoms with E-state index >= 15 is 0 Å². The van der Waals surface area contributed by atoms with Crippen LogP contribution < -0.4 is 4.90 Å². The van der Waals surface area contributed by atoms with Crippen LogP contribution in [0.15, 0.2) is 30.3 Å². The summed E-state index contributed by atoms with van der Waals surface area (Å²) in [5, 5.41) is 0. The minimum Gasteiger partial charge on any atom is -0.306 e. The maximum absolute atomic E-state index is 13.1. The second-order valence-electron chi connectivity index (χ2n) is 3.64. The number of amides is 1. The average Bonchev–Trinajstić information content (AvgIpc) is 2.29. The van der Waals surface area contributed by atoms with Crippen LogP contribution in [0.4, 0.5) is 14.5 Å². The van der Waals surface area contributed by atoms with Gasteiger partial charge in [-0.2, -0.15) is 8.78 Å². The molecule has 0 saturated carbocycles. The van der Waals surface area contributed by atoms with Crippen LogP contribution in [-0.4, -0.2) is 16.4 Å². The Morgan fingerprint density at radius 3 is 2.41 bits per heavy atom. The highest BCUT2D eigenvalue weighted by molar-refractivity contribution is 14.1. The summed E-state index contributed by atoms with van der Waals surface area (Å²) in [6.45, 7) is 2.27. The highest BCUT2D eigenvalue weighted by atomic mass is 127. The van der Waals surface area contributed by atoms with E-state index in [0.717, 1.165) is 33.9 Å². The molecule has 0 aliphatic rings. The van der Waals surface area contributed by atoms with Crippen LogP contribution in [0.1, 0.15) is 19.8 Å². The zero-order chi connectivity index (χ0) is 12.9. The van der Waals surface area contributed by atoms with Gasteiger partial charge in [-0.05, 0) is 18.6 Å². The maximum atomic E-state index is 13.1. The summed E-state index contributed by atoms with van der Waals surface area (Å²) in [5.41, 5.74) is 0.516. The first kappa shape index (κ1) is 14.3. The Labute approximate surface area is 113 Å². The van der Waals surface area contributed by atoms with E-state index in [9.17, 15) is 13.6 Å². The molecule has 0 aromatic heterocycles. The van der Waals surface area contributed by atoms with Gasteiger partial charge in [-0.25, -0.2) is 0 Å². The zero-order valence-corrected chi connectivity index (χ0v) is 11.7. The summed E-state index contributed by atoms with van der Waals surface area (Å²) in [7, 11) is 0. The molecule has 1 rings (SSSR count). The molecule has 0 aliphatic heterocycles. The Kier molecular flexibility index (Phi) is 5.30. The third-order valence-electron chi connectivity index (χ3n) is 2.29. The number of carbonyl (C=O) groups excluding carboxylic acids is 1. The van der Waals surface area contributed by atoms with Crippen molar-refractivity contribution in [3.63, 3.8) is 0 Å². The van der Waals surface area contributed by atoms with Crippen molar-refractivity contribution in [1.82, 2.24) is 0 Å². The van der Waals surface area contributed by atoms with E-state index in [1.807, 2.05) is 6.92 Å². The van der Waals surface area contributed by atoms with Gasteiger partial charge in [-0.3, -0.25) is 4.79 Å². The van der Waals surface area contributed by atoms with Crippen molar-refractivity contribution in [3.8, 4) is 0 Å². The van der Waals surface area contributed by atoms with Crippen LogP contribution in [0.2, 0.25) is 0 Å². The molecule has 0 atom stereocenters. The smallest absolute Gasteiger partial charge is 0.306 e. The monoisotopic (exact) mass is 353 g/mol. The second-order valence-corrected chi connectivity index (χ2v) is 5.00. The molecule has 1 amide bonds. The van der Waals surface area contributed by atoms with Crippen LogP contribution >= 0.6 is 22.6 Å². The number of hydrogen-bond donors (Lipinski definition) is 0. The third kappa shape index (κ3) is 4.22. The summed E-state index contributed by atoms with van der Waals surface area (Å²) < 4.78 is 22.8. The van der Waals surface area contributed by atoms with Crippen molar-refractivity contribution in [3.05, 3.63) is 30.3 Å². The maximum Gasteiger partial charge on any atom is 0.373 e. The average molecular weight is 353 g/mol. The number of anilines is 1. The predicted octanol–water partition coefficient (Wildman–Crippen LogP) is 3.85. The first-order chi connectivity index (χ1) is 7.96. The van der Waals surface area contributed by atoms with Gasteiger partial charge >= 0.3 is 9.84 Å². The van der Waals surface area contributed by atoms with Crippen molar-refractivity contribution in [1.29, 1.82) is 0 Å². The van der Waals surface area contributed by atoms with Crippen molar-refractivity contribution in [2.45, 2.75) is 23.7 Å². The van der Waals surface area contributed by atoms with Crippen molar-refractivity contribution < 1.29 is 13.6 Å². The van der Waals surface area contributed by atoms with Crippen LogP contribution in [0, 0.1) is 0 Å². The Hall–Kier alpha value is -0.720. The molecule has 17 heavy (non-hydrogen) atoms. The molecule has 1 aromatic rings. The number of halogens is 3. The SMILES string of the molecule is CCCCN(C(=O)C(F)(F)I)c1ccccc1. The molecular formula is C12H14F2INO. The predicted molar refractivity (Wildman–Crippen MR) is 72.7 cm³/mol. The minimum absolute atomic E-state index is 0.317. The van der Waals surface area contributed by atoms with E-state index in [4.69, 9.17) is 0 Å². The van der Waals surface area contributed by atoms with Gasteiger partial charge < -0.3 is 4.90 Å². The highest BCUT2D eigenvalue weighted by Gasteiger charge is 2.39. The molecule has 0 saturated heterocycles. The Morgan fingerprint density at radius 1 is 1.35 bits per heavy atom. The number of carbonyl (C=O) groups is 1. The highest BCUT2D eigenvalue weighted by Crippen LogP contribution is 2.28. The molecule has 1 aromatic carbocycles. The van der Waals surface area contributed by atoms with Gasteiger partial charge in [0.1, 0.15) is 0 Å². The molecule has 0 aliphatic carbocycles. The van der Waals surface area contributed by atoms with Crippen LogP contribution in [0.5, 0.6) is 0 Å². The molecule has 0 fully saturated rings. The lowest BCUT2D eigenvalue weighted by molar-refractivity contribution is -0.130. The summed E-state index contributed by atoms with van der Waals surface area (Å²) in [6, 6.07) is 8.57. The fourth-order valence-corrected chi connectivity index (χ4v) is 1.72. The number of benzene rings is 1. The van der Waals surface area contributed by atoms with Crippen LogP contribution in [0.25, 0.3) is 0 Å². The van der Waals surface area contributed by atoms with Gasteiger partial charge in [0, 0.05) is 34.8 Å². The van der Waals surface area contributed by atoms with Gasteiger partial charge in [0.2, 0.25) is 0 Å². The van der Waals surface area contributed by atoms with Gasteiger partial charge in [-0.15, -0.1) is 0 Å². The summed E-state index contributed by atoms with van der Waals surface area (Å²) in [6.07, 6.45) is 1.55. The molecule has 0 N–H and O–H groups in total. The molecule has 5 heteroatoms. The molecule has 2 nitrogen and oxygen atoms in total. The van der Waals surface area contributed by atoms with Crippen molar-refractivity contribution in [2.75, 3.05) is 11.4 Å². The second kappa shape index (κ2) is 6.28. The number of alkyl halides is 3. The molecule has 0 unspecified atom stereocenters. The largest absolute Gasteiger partial charge is 0.373 e. The van der Waals surface area contributed by atoms with Crippen LogP contribution in [-0.2, 0) is 4.79 Å². The fourth-order valence-electron chi connectivity index (χ4n) is 1.43. The fraction of sp³-hybridized carbons (Fsp3) is 0.417. The lowest BCUT2D eigenvalue weighted by atomic mass is 10.2. The molecule has 0 bridgehead atoms. The number of unbranched alkanes of at least 4 members (excludes halogenated alkanes) is 1. The van der Waals surface area contributed by atoms with E-state index in [2.05, 4.69) is 0 Å². The standard InChI is InChI=1S/C12H14F2INO/c1-2-3-9-16(11(17)12(13,14)15)10-7-5-4-6-8-10/h4-8H,2-3,9H2,1H3. The summed E-state index contributed by atoms with van der Waals surface area (Å²) in [4.78, 5) is 12.8. The van der Waals surface area contributed by atoms with E-state index in [1.165, 1.54) is 0 Å². The molecule has 0 spiro atoms. The van der Waals surface area contributed by atoms with E-state index in [-0.39, 0.29) is 0 Å². The molecule has 94 valence electrons. The first-order valence-corrected chi connectivity index (χ1v) is 6.48. The minimum atomic E-state index is -3.36. The van der Waals surface area contributed by atoms with Gasteiger partial charge in [0.25, 0.3) is 0 Å².